The number of hydrogen-bond acceptors (Lipinski definition) is 5. The maximum Gasteiger partial charge on any atom is 0.404 e. The van der Waals surface area contributed by atoms with Gasteiger partial charge in [-0.05, 0) is 30.7 Å². The van der Waals surface area contributed by atoms with E-state index in [1.54, 1.807) is 6.07 Å². The molecule has 0 aliphatic heterocycles. The molecule has 0 saturated heterocycles. The number of hydrogen-bond donors (Lipinski definition) is 2. The first-order valence-corrected chi connectivity index (χ1v) is 9.83. The fourth-order valence-corrected chi connectivity index (χ4v) is 4.22. The van der Waals surface area contributed by atoms with Crippen LogP contribution in [0.25, 0.3) is 11.3 Å². The van der Waals surface area contributed by atoms with Crippen LogP contribution in [0.4, 0.5) is 9.18 Å². The third-order valence-corrected chi connectivity index (χ3v) is 5.80. The van der Waals surface area contributed by atoms with Gasteiger partial charge in [-0.3, -0.25) is 0 Å². The number of carbonyl (C=O) groups is 1. The van der Waals surface area contributed by atoms with Crippen LogP contribution in [-0.4, -0.2) is 35.1 Å². The maximum atomic E-state index is 15.3. The summed E-state index contributed by atoms with van der Waals surface area (Å²) in [7, 11) is -4.18. The summed E-state index contributed by atoms with van der Waals surface area (Å²) in [6, 6.07) is 12.2. The van der Waals surface area contributed by atoms with E-state index < -0.39 is 21.9 Å². The summed E-state index contributed by atoms with van der Waals surface area (Å²) in [6.45, 7) is -0.112. The second-order valence-corrected chi connectivity index (χ2v) is 7.74. The Labute approximate surface area is 165 Å². The Hall–Kier alpha value is -3.71. The van der Waals surface area contributed by atoms with Gasteiger partial charge >= 0.3 is 6.09 Å². The van der Waals surface area contributed by atoms with Crippen molar-refractivity contribution in [1.82, 2.24) is 14.3 Å². The number of nitrogens with zero attached hydrogens (tertiary/aromatic N) is 3. The fraction of sp³-hybridized carbons (Fsp3) is 0.105. The molecule has 8 nitrogen and oxygen atoms in total. The molecule has 2 aromatic heterocycles. The first kappa shape index (κ1) is 20.0. The molecule has 2 heterocycles. The zero-order valence-electron chi connectivity index (χ0n) is 14.9. The van der Waals surface area contributed by atoms with E-state index >= 15 is 4.39 Å². The number of aromatic nitrogens is 2. The van der Waals surface area contributed by atoms with Crippen molar-refractivity contribution in [3.8, 4) is 17.3 Å². The predicted octanol–water partition coefficient (Wildman–Crippen LogP) is 2.61. The highest BCUT2D eigenvalue weighted by molar-refractivity contribution is 7.90. The van der Waals surface area contributed by atoms with Crippen LogP contribution in [0.3, 0.4) is 0 Å². The van der Waals surface area contributed by atoms with E-state index in [1.165, 1.54) is 42.6 Å². The number of carboxylic acid groups (broad SMARTS) is 1. The third kappa shape index (κ3) is 3.95. The van der Waals surface area contributed by atoms with Crippen LogP contribution in [0, 0.1) is 17.1 Å². The molecule has 1 amide bonds. The minimum atomic E-state index is -4.18. The lowest BCUT2D eigenvalue weighted by Crippen LogP contribution is -2.23. The van der Waals surface area contributed by atoms with Crippen molar-refractivity contribution < 1.29 is 22.7 Å². The molecule has 0 unspecified atom stereocenters. The van der Waals surface area contributed by atoms with Crippen molar-refractivity contribution in [2.75, 3.05) is 6.54 Å². The fourth-order valence-electron chi connectivity index (χ4n) is 2.81. The van der Waals surface area contributed by atoms with Gasteiger partial charge in [0, 0.05) is 30.1 Å². The molecular formula is C19H15FN4O4S. The van der Waals surface area contributed by atoms with Gasteiger partial charge in [-0.25, -0.2) is 26.6 Å². The first-order chi connectivity index (χ1) is 13.9. The van der Waals surface area contributed by atoms with Crippen LogP contribution in [0.15, 0.2) is 59.8 Å². The average Bonchev–Trinajstić information content (AvgIpc) is 3.05. The molecule has 0 radical (unpaired) electrons. The Kier molecular flexibility index (Phi) is 5.61. The van der Waals surface area contributed by atoms with Gasteiger partial charge in [0.2, 0.25) is 0 Å². The molecule has 0 saturated carbocycles. The highest BCUT2D eigenvalue weighted by atomic mass is 32.2. The van der Waals surface area contributed by atoms with Crippen molar-refractivity contribution in [3.63, 3.8) is 0 Å². The number of pyridine rings is 1. The second kappa shape index (κ2) is 8.12. The molecule has 10 heteroatoms. The Morgan fingerprint density at radius 2 is 1.97 bits per heavy atom. The Balaban J connectivity index is 2.21. The molecule has 3 aromatic rings. The Bertz CT molecular complexity index is 1200. The second-order valence-electron chi connectivity index (χ2n) is 5.92. The zero-order valence-corrected chi connectivity index (χ0v) is 15.7. The van der Waals surface area contributed by atoms with Gasteiger partial charge in [0.05, 0.1) is 4.90 Å². The Morgan fingerprint density at radius 3 is 2.62 bits per heavy atom. The highest BCUT2D eigenvalue weighted by Gasteiger charge is 2.28. The van der Waals surface area contributed by atoms with E-state index in [0.29, 0.717) is 0 Å². The molecule has 29 heavy (non-hydrogen) atoms. The molecule has 0 spiro atoms. The van der Waals surface area contributed by atoms with E-state index in [4.69, 9.17) is 5.11 Å². The summed E-state index contributed by atoms with van der Waals surface area (Å²) in [5.41, 5.74) is -0.460. The van der Waals surface area contributed by atoms with E-state index in [9.17, 15) is 18.5 Å². The molecule has 1 aromatic carbocycles. The van der Waals surface area contributed by atoms with E-state index in [0.717, 1.165) is 10.2 Å². The summed E-state index contributed by atoms with van der Waals surface area (Å²) in [4.78, 5) is 14.5. The van der Waals surface area contributed by atoms with Gasteiger partial charge in [-0.1, -0.05) is 18.2 Å². The van der Waals surface area contributed by atoms with Crippen molar-refractivity contribution in [3.05, 3.63) is 71.9 Å². The lowest BCUT2D eigenvalue weighted by Gasteiger charge is -2.11. The van der Waals surface area contributed by atoms with Crippen molar-refractivity contribution >= 4 is 16.1 Å². The van der Waals surface area contributed by atoms with E-state index in [-0.39, 0.29) is 40.4 Å². The van der Waals surface area contributed by atoms with Crippen LogP contribution >= 0.6 is 0 Å². The molecular weight excluding hydrogens is 399 g/mol. The largest absolute Gasteiger partial charge is 0.465 e. The van der Waals surface area contributed by atoms with E-state index in [1.807, 2.05) is 6.07 Å². The number of nitrogens with one attached hydrogen (secondary N) is 1. The molecule has 2 N–H and O–H groups in total. The standard InChI is InChI=1S/C19H15FN4O4S/c20-17-13(8-10-23-19(25)26)12-24(29(27,28)14-5-2-1-3-6-14)18(17)15-7-4-9-22-16(15)11-21/h1-7,9,12,23H,8,10H2,(H,25,26). The van der Waals surface area contributed by atoms with Crippen LogP contribution in [0.1, 0.15) is 11.3 Å². The first-order valence-electron chi connectivity index (χ1n) is 8.39. The molecule has 148 valence electrons. The third-order valence-electron chi connectivity index (χ3n) is 4.12. The van der Waals surface area contributed by atoms with Crippen LogP contribution < -0.4 is 5.32 Å². The zero-order chi connectivity index (χ0) is 21.0. The van der Waals surface area contributed by atoms with E-state index in [2.05, 4.69) is 10.3 Å². The highest BCUT2D eigenvalue weighted by Crippen LogP contribution is 2.32. The number of amides is 1. The molecule has 0 atom stereocenters. The lowest BCUT2D eigenvalue weighted by atomic mass is 10.1. The van der Waals surface area contributed by atoms with Gasteiger partial charge in [-0.15, -0.1) is 0 Å². The van der Waals surface area contributed by atoms with Gasteiger partial charge in [-0.2, -0.15) is 5.26 Å². The maximum absolute atomic E-state index is 15.3. The number of nitriles is 1. The summed E-state index contributed by atoms with van der Waals surface area (Å²) in [6.07, 6.45) is 1.09. The molecule has 3 rings (SSSR count). The Morgan fingerprint density at radius 1 is 1.24 bits per heavy atom. The van der Waals surface area contributed by atoms with Gasteiger partial charge in [0.1, 0.15) is 17.5 Å². The predicted molar refractivity (Wildman–Crippen MR) is 101 cm³/mol. The van der Waals surface area contributed by atoms with Crippen LogP contribution in [0.5, 0.6) is 0 Å². The summed E-state index contributed by atoms with van der Waals surface area (Å²) in [5, 5.41) is 20.1. The molecule has 0 fully saturated rings. The number of benzene rings is 1. The normalized spacial score (nSPS) is 11.0. The van der Waals surface area contributed by atoms with Crippen molar-refractivity contribution in [2.24, 2.45) is 0 Å². The molecule has 0 bridgehead atoms. The average molecular weight is 414 g/mol. The SMILES string of the molecule is N#Cc1ncccc1-c1c(F)c(CCNC(=O)O)cn1S(=O)(=O)c1ccccc1. The van der Waals surface area contributed by atoms with Gasteiger partial charge in [0.25, 0.3) is 10.0 Å². The van der Waals surface area contributed by atoms with Crippen molar-refractivity contribution in [1.29, 1.82) is 5.26 Å². The molecule has 0 aliphatic carbocycles. The smallest absolute Gasteiger partial charge is 0.404 e. The summed E-state index contributed by atoms with van der Waals surface area (Å²) in [5.74, 6) is -0.860. The number of rotatable bonds is 6. The van der Waals surface area contributed by atoms with Gasteiger partial charge < -0.3 is 10.4 Å². The molecule has 0 aliphatic rings. The summed E-state index contributed by atoms with van der Waals surface area (Å²) >= 11 is 0. The lowest BCUT2D eigenvalue weighted by molar-refractivity contribution is 0.194. The monoisotopic (exact) mass is 414 g/mol. The van der Waals surface area contributed by atoms with Gasteiger partial charge in [0.15, 0.2) is 5.82 Å². The number of halogens is 1. The minimum absolute atomic E-state index is 0.0130. The topological polar surface area (TPSA) is 125 Å². The summed E-state index contributed by atoms with van der Waals surface area (Å²) < 4.78 is 42.4. The van der Waals surface area contributed by atoms with Crippen molar-refractivity contribution in [2.45, 2.75) is 11.3 Å². The van der Waals surface area contributed by atoms with Crippen LogP contribution in [0.2, 0.25) is 0 Å². The minimum Gasteiger partial charge on any atom is -0.465 e. The van der Waals surface area contributed by atoms with Crippen LogP contribution in [-0.2, 0) is 16.4 Å². The quantitative estimate of drug-likeness (QED) is 0.639.